The van der Waals surface area contributed by atoms with Crippen LogP contribution >= 0.6 is 0 Å². The second-order valence-corrected chi connectivity index (χ2v) is 5.82. The van der Waals surface area contributed by atoms with Gasteiger partial charge >= 0.3 is 0 Å². The molecule has 0 bridgehead atoms. The van der Waals surface area contributed by atoms with E-state index in [-0.39, 0.29) is 0 Å². The van der Waals surface area contributed by atoms with Crippen LogP contribution in [0, 0.1) is 0 Å². The molecule has 2 aromatic rings. The van der Waals surface area contributed by atoms with Gasteiger partial charge in [0.25, 0.3) is 0 Å². The molecule has 0 spiro atoms. The second-order valence-electron chi connectivity index (χ2n) is 3.98. The van der Waals surface area contributed by atoms with Gasteiger partial charge in [-0.15, -0.1) is 0 Å². The third-order valence-corrected chi connectivity index (χ3v) is 4.37. The minimum atomic E-state index is -0.420. The fraction of sp³-hybridized carbons (Fsp3) is 0.308. The van der Waals surface area contributed by atoms with E-state index in [1.54, 1.807) is 0 Å². The molecule has 84 valence electrons. The molecule has 0 radical (unpaired) electrons. The Kier molecular flexibility index (Phi) is 3.57. The van der Waals surface area contributed by atoms with Crippen LogP contribution in [-0.2, 0) is 12.8 Å². The molecule has 16 heavy (non-hydrogen) atoms. The molecule has 3 heteroatoms. The van der Waals surface area contributed by atoms with E-state index in [2.05, 4.69) is 49.2 Å². The molecule has 0 saturated carbocycles. The quantitative estimate of drug-likeness (QED) is 0.768. The van der Waals surface area contributed by atoms with Crippen molar-refractivity contribution in [1.29, 1.82) is 0 Å². The molecule has 2 rings (SSSR count). The molecular formula is C13H18N2Si. The van der Waals surface area contributed by atoms with E-state index in [9.17, 15) is 0 Å². The van der Waals surface area contributed by atoms with Gasteiger partial charge in [-0.25, -0.2) is 4.98 Å². The third-order valence-electron chi connectivity index (χ3n) is 2.82. The highest BCUT2D eigenvalue weighted by molar-refractivity contribution is 6.65. The van der Waals surface area contributed by atoms with Gasteiger partial charge in [-0.2, -0.15) is 0 Å². The molecule has 1 N–H and O–H groups in total. The maximum Gasteiger partial charge on any atom is 0.132 e. The molecule has 0 aliphatic carbocycles. The molecule has 2 nitrogen and oxygen atoms in total. The lowest BCUT2D eigenvalue weighted by Gasteiger charge is -1.95. The summed E-state index contributed by atoms with van der Waals surface area (Å²) in [6.07, 6.45) is 2.09. The molecule has 0 atom stereocenters. The van der Waals surface area contributed by atoms with Crippen molar-refractivity contribution in [3.8, 4) is 0 Å². The Morgan fingerprint density at radius 2 is 1.88 bits per heavy atom. The van der Waals surface area contributed by atoms with Crippen molar-refractivity contribution >= 4 is 20.2 Å². The summed E-state index contributed by atoms with van der Waals surface area (Å²) in [5.74, 6) is 0. The van der Waals surface area contributed by atoms with Crippen molar-refractivity contribution in [2.24, 2.45) is 0 Å². The van der Waals surface area contributed by atoms with Crippen LogP contribution < -0.4 is 10.6 Å². The molecule has 1 aromatic heterocycles. The van der Waals surface area contributed by atoms with E-state index < -0.39 is 9.52 Å². The number of aromatic nitrogens is 2. The fourth-order valence-corrected chi connectivity index (χ4v) is 3.43. The molecule has 0 fully saturated rings. The van der Waals surface area contributed by atoms with Crippen molar-refractivity contribution in [1.82, 2.24) is 9.97 Å². The average molecular weight is 230 g/mol. The van der Waals surface area contributed by atoms with Crippen LogP contribution in [0.2, 0.25) is 0 Å². The number of hydrogen-bond acceptors (Lipinski definition) is 1. The Labute approximate surface area is 99.0 Å². The lowest BCUT2D eigenvalue weighted by atomic mass is 10.2. The van der Waals surface area contributed by atoms with Gasteiger partial charge in [0.2, 0.25) is 0 Å². The van der Waals surface area contributed by atoms with Crippen molar-refractivity contribution < 1.29 is 0 Å². The highest BCUT2D eigenvalue weighted by Crippen LogP contribution is 2.02. The summed E-state index contributed by atoms with van der Waals surface area (Å²) in [5, 5.41) is 1.45. The normalized spacial score (nSPS) is 11.4. The van der Waals surface area contributed by atoms with Crippen molar-refractivity contribution in [3.05, 3.63) is 41.7 Å². The molecule has 0 saturated heterocycles. The summed E-state index contributed by atoms with van der Waals surface area (Å²) >= 11 is 0. The first kappa shape index (κ1) is 11.1. The minimum Gasteiger partial charge on any atom is -0.350 e. The lowest BCUT2D eigenvalue weighted by Crippen LogP contribution is -2.30. The standard InChI is InChI=1S/C13H18N2Si/c1-3-11-12(4-2)15-13(14-11)16-10-8-6-5-7-9-10/h5-9H,3-4,16H2,1-2H3,(H,14,15). The zero-order valence-electron chi connectivity index (χ0n) is 9.96. The average Bonchev–Trinajstić information content (AvgIpc) is 2.72. The minimum absolute atomic E-state index is 0.420. The SMILES string of the molecule is CCc1nc([SiH2]c2ccccc2)[nH]c1CC. The van der Waals surface area contributed by atoms with Gasteiger partial charge < -0.3 is 4.98 Å². The van der Waals surface area contributed by atoms with Gasteiger partial charge in [0.05, 0.1) is 11.1 Å². The smallest absolute Gasteiger partial charge is 0.132 e. The van der Waals surface area contributed by atoms with Gasteiger partial charge in [0, 0.05) is 5.69 Å². The van der Waals surface area contributed by atoms with Crippen LogP contribution in [0.15, 0.2) is 30.3 Å². The summed E-state index contributed by atoms with van der Waals surface area (Å²) < 4.78 is 0. The zero-order valence-corrected chi connectivity index (χ0v) is 11.4. The Morgan fingerprint density at radius 3 is 2.44 bits per heavy atom. The maximum absolute atomic E-state index is 4.70. The molecule has 0 unspecified atom stereocenters. The summed E-state index contributed by atoms with van der Waals surface area (Å²) in [5.41, 5.74) is 3.79. The van der Waals surface area contributed by atoms with E-state index in [1.807, 2.05) is 0 Å². The predicted octanol–water partition coefficient (Wildman–Crippen LogP) is 0.654. The number of rotatable bonds is 4. The number of nitrogens with one attached hydrogen (secondary N) is 1. The Hall–Kier alpha value is -1.35. The lowest BCUT2D eigenvalue weighted by molar-refractivity contribution is 0.979. The number of H-pyrrole nitrogens is 1. The van der Waals surface area contributed by atoms with Crippen LogP contribution in [0.25, 0.3) is 0 Å². The van der Waals surface area contributed by atoms with E-state index in [0.29, 0.717) is 0 Å². The Balaban J connectivity index is 2.19. The van der Waals surface area contributed by atoms with Crippen molar-refractivity contribution in [2.75, 3.05) is 0 Å². The Bertz CT molecular complexity index is 427. The molecule has 0 aliphatic heterocycles. The first-order valence-electron chi connectivity index (χ1n) is 5.94. The van der Waals surface area contributed by atoms with Crippen LogP contribution in [0.1, 0.15) is 25.2 Å². The van der Waals surface area contributed by atoms with E-state index in [0.717, 1.165) is 12.8 Å². The highest BCUT2D eigenvalue weighted by atomic mass is 28.2. The number of aryl methyl sites for hydroxylation is 2. The van der Waals surface area contributed by atoms with Gasteiger partial charge in [-0.1, -0.05) is 49.4 Å². The van der Waals surface area contributed by atoms with Crippen LogP contribution in [0.4, 0.5) is 0 Å². The summed E-state index contributed by atoms with van der Waals surface area (Å²) in [6, 6.07) is 10.7. The van der Waals surface area contributed by atoms with E-state index in [1.165, 1.54) is 22.0 Å². The monoisotopic (exact) mass is 230 g/mol. The molecular weight excluding hydrogens is 212 g/mol. The van der Waals surface area contributed by atoms with Crippen LogP contribution in [-0.4, -0.2) is 19.5 Å². The highest BCUT2D eigenvalue weighted by Gasteiger charge is 2.07. The predicted molar refractivity (Wildman–Crippen MR) is 71.6 cm³/mol. The first-order valence-corrected chi connectivity index (χ1v) is 7.35. The number of imidazole rings is 1. The largest absolute Gasteiger partial charge is 0.350 e. The zero-order chi connectivity index (χ0) is 11.4. The van der Waals surface area contributed by atoms with E-state index >= 15 is 0 Å². The summed E-state index contributed by atoms with van der Waals surface area (Å²) in [4.78, 5) is 8.18. The first-order chi connectivity index (χ1) is 7.83. The fourth-order valence-electron chi connectivity index (χ4n) is 1.96. The van der Waals surface area contributed by atoms with Gasteiger partial charge in [0.15, 0.2) is 0 Å². The number of benzene rings is 1. The van der Waals surface area contributed by atoms with Crippen molar-refractivity contribution in [3.63, 3.8) is 0 Å². The van der Waals surface area contributed by atoms with E-state index in [4.69, 9.17) is 4.98 Å². The number of nitrogens with zero attached hydrogens (tertiary/aromatic N) is 1. The van der Waals surface area contributed by atoms with Crippen LogP contribution in [0.5, 0.6) is 0 Å². The van der Waals surface area contributed by atoms with Gasteiger partial charge in [0.1, 0.15) is 9.52 Å². The summed E-state index contributed by atoms with van der Waals surface area (Å²) in [6.45, 7) is 4.35. The number of hydrogen-bond donors (Lipinski definition) is 1. The molecule has 0 aliphatic rings. The second kappa shape index (κ2) is 5.12. The number of aromatic amines is 1. The van der Waals surface area contributed by atoms with Crippen molar-refractivity contribution in [2.45, 2.75) is 26.7 Å². The van der Waals surface area contributed by atoms with Crippen LogP contribution in [0.3, 0.4) is 0 Å². The van der Waals surface area contributed by atoms with Gasteiger partial charge in [-0.3, -0.25) is 0 Å². The molecule has 1 aromatic carbocycles. The molecule has 0 amide bonds. The summed E-state index contributed by atoms with van der Waals surface area (Å²) in [7, 11) is -0.420. The Morgan fingerprint density at radius 1 is 1.12 bits per heavy atom. The molecule has 1 heterocycles. The topological polar surface area (TPSA) is 28.7 Å². The van der Waals surface area contributed by atoms with Gasteiger partial charge in [-0.05, 0) is 12.8 Å². The maximum atomic E-state index is 4.70. The third kappa shape index (κ3) is 2.42.